The highest BCUT2D eigenvalue weighted by Crippen LogP contribution is 2.32. The zero-order valence-electron chi connectivity index (χ0n) is 15.0. The molecule has 28 heavy (non-hydrogen) atoms. The number of hydrogen-bond acceptors (Lipinski definition) is 5. The molecule has 0 saturated carbocycles. The number of nitrogens with zero attached hydrogens (tertiary/aromatic N) is 1. The van der Waals surface area contributed by atoms with Crippen molar-refractivity contribution in [2.24, 2.45) is 0 Å². The van der Waals surface area contributed by atoms with Crippen LogP contribution in [0.5, 0.6) is 5.75 Å². The Morgan fingerprint density at radius 3 is 2.54 bits per heavy atom. The van der Waals surface area contributed by atoms with Gasteiger partial charge in [-0.15, -0.1) is 0 Å². The van der Waals surface area contributed by atoms with Crippen LogP contribution in [0.2, 0.25) is 5.02 Å². The Morgan fingerprint density at radius 2 is 1.89 bits per heavy atom. The van der Waals surface area contributed by atoms with Gasteiger partial charge in [0.1, 0.15) is 16.6 Å². The predicted molar refractivity (Wildman–Crippen MR) is 118 cm³/mol. The maximum Gasteiger partial charge on any atom is 0.266 e. The summed E-state index contributed by atoms with van der Waals surface area (Å²) in [5.41, 5.74) is 1.46. The molecular weight excluding hydrogens is 416 g/mol. The first kappa shape index (κ1) is 20.4. The van der Waals surface area contributed by atoms with Crippen LogP contribution in [0.15, 0.2) is 53.4 Å². The monoisotopic (exact) mass is 432 g/mol. The summed E-state index contributed by atoms with van der Waals surface area (Å²) in [6.07, 6.45) is 1.76. The molecule has 1 N–H and O–H groups in total. The second kappa shape index (κ2) is 9.23. The van der Waals surface area contributed by atoms with Crippen molar-refractivity contribution in [2.45, 2.75) is 6.92 Å². The van der Waals surface area contributed by atoms with Gasteiger partial charge in [0, 0.05) is 10.7 Å². The fourth-order valence-corrected chi connectivity index (χ4v) is 3.87. The molecule has 2 amide bonds. The number of halogens is 1. The molecule has 0 aliphatic carbocycles. The Labute approximate surface area is 177 Å². The minimum absolute atomic E-state index is 0.145. The summed E-state index contributed by atoms with van der Waals surface area (Å²) in [5, 5.41) is 3.30. The smallest absolute Gasteiger partial charge is 0.266 e. The lowest BCUT2D eigenvalue weighted by Gasteiger charge is -2.14. The lowest BCUT2D eigenvalue weighted by molar-refractivity contribution is -0.126. The van der Waals surface area contributed by atoms with Crippen molar-refractivity contribution in [2.75, 3.05) is 18.5 Å². The number of nitrogens with one attached hydrogen (secondary N) is 1. The van der Waals surface area contributed by atoms with Gasteiger partial charge in [-0.3, -0.25) is 14.5 Å². The number of carbonyl (C=O) groups excluding carboxylic acids is 2. The average molecular weight is 433 g/mol. The fraction of sp³-hybridized carbons (Fsp3) is 0.150. The number of thiocarbonyl (C=S) groups is 1. The van der Waals surface area contributed by atoms with Gasteiger partial charge in [0.05, 0.1) is 11.5 Å². The van der Waals surface area contributed by atoms with Gasteiger partial charge < -0.3 is 10.1 Å². The summed E-state index contributed by atoms with van der Waals surface area (Å²) in [6, 6.07) is 14.2. The summed E-state index contributed by atoms with van der Waals surface area (Å²) in [5.74, 6) is 0.155. The molecule has 2 aromatic carbocycles. The Balaban J connectivity index is 1.65. The summed E-state index contributed by atoms with van der Waals surface area (Å²) in [6.45, 7) is 2.37. The van der Waals surface area contributed by atoms with E-state index in [1.165, 1.54) is 16.7 Å². The van der Waals surface area contributed by atoms with Gasteiger partial charge in [-0.25, -0.2) is 0 Å². The molecule has 1 aliphatic rings. The zero-order chi connectivity index (χ0) is 20.1. The van der Waals surface area contributed by atoms with Crippen molar-refractivity contribution in [1.29, 1.82) is 0 Å². The van der Waals surface area contributed by atoms with Gasteiger partial charge in [-0.1, -0.05) is 47.7 Å². The summed E-state index contributed by atoms with van der Waals surface area (Å²) >= 11 is 12.3. The van der Waals surface area contributed by atoms with Crippen molar-refractivity contribution in [1.82, 2.24) is 4.90 Å². The molecule has 1 heterocycles. The number of anilines is 1. The molecular formula is C20H17ClN2O3S2. The van der Waals surface area contributed by atoms with Crippen LogP contribution in [0.1, 0.15) is 12.5 Å². The van der Waals surface area contributed by atoms with E-state index in [9.17, 15) is 9.59 Å². The van der Waals surface area contributed by atoms with E-state index in [0.717, 1.165) is 11.3 Å². The van der Waals surface area contributed by atoms with Crippen LogP contribution in [0, 0.1) is 0 Å². The van der Waals surface area contributed by atoms with Gasteiger partial charge >= 0.3 is 0 Å². The van der Waals surface area contributed by atoms with E-state index in [4.69, 9.17) is 28.6 Å². The van der Waals surface area contributed by atoms with Gasteiger partial charge in [-0.05, 0) is 55.0 Å². The normalized spacial score (nSPS) is 15.2. The van der Waals surface area contributed by atoms with Gasteiger partial charge in [0.25, 0.3) is 5.91 Å². The number of thioether (sulfide) groups is 1. The van der Waals surface area contributed by atoms with Crippen LogP contribution < -0.4 is 10.1 Å². The van der Waals surface area contributed by atoms with Crippen LogP contribution in [-0.4, -0.2) is 34.2 Å². The van der Waals surface area contributed by atoms with Crippen LogP contribution in [0.25, 0.3) is 6.08 Å². The lowest BCUT2D eigenvalue weighted by atomic mass is 10.2. The Morgan fingerprint density at radius 1 is 1.21 bits per heavy atom. The summed E-state index contributed by atoms with van der Waals surface area (Å²) in [4.78, 5) is 26.7. The molecule has 1 fully saturated rings. The minimum Gasteiger partial charge on any atom is -0.494 e. The molecule has 3 rings (SSSR count). The number of rotatable bonds is 6. The number of amides is 2. The Bertz CT molecular complexity index is 927. The second-order valence-electron chi connectivity index (χ2n) is 5.82. The Hall–Kier alpha value is -2.35. The maximum absolute atomic E-state index is 12.6. The number of hydrogen-bond donors (Lipinski definition) is 1. The first-order valence-electron chi connectivity index (χ1n) is 8.50. The van der Waals surface area contributed by atoms with Gasteiger partial charge in [0.15, 0.2) is 0 Å². The van der Waals surface area contributed by atoms with E-state index in [-0.39, 0.29) is 18.4 Å². The second-order valence-corrected chi connectivity index (χ2v) is 7.94. The van der Waals surface area contributed by atoms with Crippen molar-refractivity contribution in [3.05, 3.63) is 64.0 Å². The van der Waals surface area contributed by atoms with Gasteiger partial charge in [0.2, 0.25) is 5.91 Å². The Kier molecular flexibility index (Phi) is 6.72. The van der Waals surface area contributed by atoms with Crippen LogP contribution in [0.4, 0.5) is 5.69 Å². The third-order valence-electron chi connectivity index (χ3n) is 3.79. The molecule has 0 radical (unpaired) electrons. The highest BCUT2D eigenvalue weighted by atomic mass is 35.5. The van der Waals surface area contributed by atoms with Crippen molar-refractivity contribution in [3.63, 3.8) is 0 Å². The third kappa shape index (κ3) is 5.13. The number of benzene rings is 2. The average Bonchev–Trinajstić information content (AvgIpc) is 2.93. The van der Waals surface area contributed by atoms with E-state index in [1.54, 1.807) is 30.3 Å². The van der Waals surface area contributed by atoms with Crippen LogP contribution in [-0.2, 0) is 9.59 Å². The lowest BCUT2D eigenvalue weighted by Crippen LogP contribution is -2.36. The van der Waals surface area contributed by atoms with Gasteiger partial charge in [-0.2, -0.15) is 0 Å². The highest BCUT2D eigenvalue weighted by molar-refractivity contribution is 8.26. The zero-order valence-corrected chi connectivity index (χ0v) is 17.4. The molecule has 144 valence electrons. The molecule has 5 nitrogen and oxygen atoms in total. The van der Waals surface area contributed by atoms with Crippen molar-refractivity contribution < 1.29 is 14.3 Å². The van der Waals surface area contributed by atoms with E-state index >= 15 is 0 Å². The SMILES string of the molecule is CCOc1ccc(C=C2SC(=S)N(CC(=O)Nc3ccc(Cl)cc3)C2=O)cc1. The molecule has 0 unspecified atom stereocenters. The number of carbonyl (C=O) groups is 2. The van der Waals surface area contributed by atoms with Crippen LogP contribution in [0.3, 0.4) is 0 Å². The number of ether oxygens (including phenoxy) is 1. The largest absolute Gasteiger partial charge is 0.494 e. The van der Waals surface area contributed by atoms with Crippen LogP contribution >= 0.6 is 35.6 Å². The van der Waals surface area contributed by atoms with E-state index in [0.29, 0.717) is 26.5 Å². The quantitative estimate of drug-likeness (QED) is 0.535. The molecule has 0 bridgehead atoms. The van der Waals surface area contributed by atoms with Crippen molar-refractivity contribution >= 4 is 63.5 Å². The minimum atomic E-state index is -0.332. The van der Waals surface area contributed by atoms with E-state index < -0.39 is 0 Å². The predicted octanol–water partition coefficient (Wildman–Crippen LogP) is 4.58. The molecule has 0 aromatic heterocycles. The van der Waals surface area contributed by atoms with Crippen molar-refractivity contribution in [3.8, 4) is 5.75 Å². The standard InChI is InChI=1S/C20H17ClN2O3S2/c1-2-26-16-9-3-13(4-10-16)11-17-19(25)23(20(27)28-17)12-18(24)22-15-7-5-14(21)6-8-15/h3-11H,2,12H2,1H3,(H,22,24). The summed E-state index contributed by atoms with van der Waals surface area (Å²) in [7, 11) is 0. The highest BCUT2D eigenvalue weighted by Gasteiger charge is 2.33. The molecule has 1 saturated heterocycles. The maximum atomic E-state index is 12.6. The van der Waals surface area contributed by atoms with E-state index in [1.807, 2.05) is 31.2 Å². The summed E-state index contributed by atoms with van der Waals surface area (Å²) < 4.78 is 5.77. The topological polar surface area (TPSA) is 58.6 Å². The first-order valence-corrected chi connectivity index (χ1v) is 10.1. The molecule has 8 heteroatoms. The molecule has 2 aromatic rings. The molecule has 0 atom stereocenters. The molecule has 0 spiro atoms. The fourth-order valence-electron chi connectivity index (χ4n) is 2.49. The van der Waals surface area contributed by atoms with E-state index in [2.05, 4.69) is 5.32 Å². The third-order valence-corrected chi connectivity index (χ3v) is 5.42. The molecule has 1 aliphatic heterocycles. The first-order chi connectivity index (χ1) is 13.5.